The van der Waals surface area contributed by atoms with Crippen molar-refractivity contribution in [3.8, 4) is 0 Å². The zero-order chi connectivity index (χ0) is 14.1. The average molecular weight is 271 g/mol. The molecule has 2 aliphatic heterocycles. The first kappa shape index (κ1) is 15.2. The van der Waals surface area contributed by atoms with Crippen molar-refractivity contribution >= 4 is 0 Å². The van der Waals surface area contributed by atoms with E-state index in [1.165, 1.54) is 19.3 Å². The summed E-state index contributed by atoms with van der Waals surface area (Å²) in [7, 11) is 0. The fourth-order valence-corrected chi connectivity index (χ4v) is 3.36. The van der Waals surface area contributed by atoms with Gasteiger partial charge < -0.3 is 9.47 Å². The number of hydrogen-bond donors (Lipinski definition) is 0. The Bertz CT molecular complexity index is 288. The molecule has 19 heavy (non-hydrogen) atoms. The van der Waals surface area contributed by atoms with Gasteiger partial charge in [0.15, 0.2) is 6.29 Å². The molecule has 0 aromatic carbocycles. The lowest BCUT2D eigenvalue weighted by molar-refractivity contribution is -0.326. The molecule has 2 fully saturated rings. The molecule has 2 atom stereocenters. The Morgan fingerprint density at radius 1 is 1.16 bits per heavy atom. The highest BCUT2D eigenvalue weighted by Crippen LogP contribution is 2.39. The first-order valence-electron chi connectivity index (χ1n) is 7.57. The van der Waals surface area contributed by atoms with Crippen molar-refractivity contribution in [2.24, 2.45) is 0 Å². The van der Waals surface area contributed by atoms with Gasteiger partial charge in [0.2, 0.25) is 0 Å². The minimum atomic E-state index is -0.210. The van der Waals surface area contributed by atoms with Crippen molar-refractivity contribution in [3.63, 3.8) is 0 Å². The lowest BCUT2D eigenvalue weighted by atomic mass is 9.82. The third kappa shape index (κ3) is 3.30. The third-order valence-corrected chi connectivity index (χ3v) is 4.24. The summed E-state index contributed by atoms with van der Waals surface area (Å²) in [6.07, 6.45) is 4.32. The van der Waals surface area contributed by atoms with Crippen molar-refractivity contribution in [3.05, 3.63) is 0 Å². The number of ether oxygens (including phenoxy) is 2. The minimum absolute atomic E-state index is 0.0246. The summed E-state index contributed by atoms with van der Waals surface area (Å²) in [4.78, 5) is 6.33. The fourth-order valence-electron chi connectivity index (χ4n) is 3.36. The van der Waals surface area contributed by atoms with E-state index in [0.29, 0.717) is 6.61 Å². The third-order valence-electron chi connectivity index (χ3n) is 4.24. The van der Waals surface area contributed by atoms with E-state index < -0.39 is 0 Å². The summed E-state index contributed by atoms with van der Waals surface area (Å²) in [5.74, 6) is 0. The Labute approximate surface area is 117 Å². The van der Waals surface area contributed by atoms with E-state index in [0.717, 1.165) is 13.0 Å². The maximum atomic E-state index is 6.33. The largest absolute Gasteiger partial charge is 0.350 e. The van der Waals surface area contributed by atoms with Crippen LogP contribution in [0.15, 0.2) is 0 Å². The van der Waals surface area contributed by atoms with E-state index in [9.17, 15) is 0 Å². The summed E-state index contributed by atoms with van der Waals surface area (Å²) >= 11 is 0. The van der Waals surface area contributed by atoms with Crippen molar-refractivity contribution in [1.29, 1.82) is 0 Å². The van der Waals surface area contributed by atoms with Gasteiger partial charge in [-0.1, -0.05) is 0 Å². The predicted molar refractivity (Wildman–Crippen MR) is 74.7 cm³/mol. The summed E-state index contributed by atoms with van der Waals surface area (Å²) in [6, 6.07) is 0. The van der Waals surface area contributed by atoms with Crippen LogP contribution in [-0.4, -0.2) is 41.7 Å². The average Bonchev–Trinajstić information content (AvgIpc) is 2.71. The van der Waals surface area contributed by atoms with E-state index in [1.54, 1.807) is 0 Å². The van der Waals surface area contributed by atoms with Crippen LogP contribution in [0.2, 0.25) is 0 Å². The molecule has 0 aromatic heterocycles. The highest BCUT2D eigenvalue weighted by atomic mass is 16.8. The van der Waals surface area contributed by atoms with Crippen LogP contribution in [0, 0.1) is 0 Å². The molecule has 4 nitrogen and oxygen atoms in total. The standard InChI is InChI=1S/C15H29NO3/c1-6-17-13-12(8-11-18-13)19-16-14(2,3)9-7-10-15(16,4)5/h12-13H,6-11H2,1-5H3. The molecule has 4 heteroatoms. The lowest BCUT2D eigenvalue weighted by Gasteiger charge is -2.52. The Balaban J connectivity index is 2.06. The Kier molecular flexibility index (Phi) is 4.56. The first-order valence-corrected chi connectivity index (χ1v) is 7.57. The van der Waals surface area contributed by atoms with Crippen LogP contribution in [0.3, 0.4) is 0 Å². The van der Waals surface area contributed by atoms with Gasteiger partial charge in [0, 0.05) is 24.1 Å². The van der Waals surface area contributed by atoms with Gasteiger partial charge in [0.1, 0.15) is 6.10 Å². The molecule has 2 saturated heterocycles. The molecule has 0 aliphatic carbocycles. The minimum Gasteiger partial charge on any atom is -0.350 e. The molecular formula is C15H29NO3. The lowest BCUT2D eigenvalue weighted by Crippen LogP contribution is -2.59. The van der Waals surface area contributed by atoms with E-state index >= 15 is 0 Å². The molecule has 0 saturated carbocycles. The van der Waals surface area contributed by atoms with Gasteiger partial charge in [0.05, 0.1) is 6.61 Å². The predicted octanol–water partition coefficient (Wildman–Crippen LogP) is 3.11. The number of hydroxylamine groups is 2. The molecule has 0 spiro atoms. The molecule has 0 bridgehead atoms. The van der Waals surface area contributed by atoms with Crippen LogP contribution in [-0.2, 0) is 14.3 Å². The van der Waals surface area contributed by atoms with Gasteiger partial charge in [-0.15, -0.1) is 0 Å². The molecule has 2 unspecified atom stereocenters. The van der Waals surface area contributed by atoms with Crippen molar-refractivity contribution in [2.75, 3.05) is 13.2 Å². The Morgan fingerprint density at radius 3 is 2.37 bits per heavy atom. The molecule has 2 heterocycles. The maximum Gasteiger partial charge on any atom is 0.185 e. The molecule has 0 amide bonds. The number of nitrogens with zero attached hydrogens (tertiary/aromatic N) is 1. The zero-order valence-electron chi connectivity index (χ0n) is 13.1. The van der Waals surface area contributed by atoms with Gasteiger partial charge in [-0.2, -0.15) is 5.06 Å². The second kappa shape index (κ2) is 5.68. The molecule has 0 radical (unpaired) electrons. The molecular weight excluding hydrogens is 242 g/mol. The highest BCUT2D eigenvalue weighted by molar-refractivity contribution is 4.93. The normalized spacial score (nSPS) is 34.6. The monoisotopic (exact) mass is 271 g/mol. The van der Waals surface area contributed by atoms with Crippen LogP contribution in [0.1, 0.15) is 60.3 Å². The van der Waals surface area contributed by atoms with Gasteiger partial charge in [-0.05, 0) is 53.9 Å². The second-order valence-corrected chi connectivity index (χ2v) is 6.90. The SMILES string of the molecule is CCOC1OCCC1ON1C(C)(C)CCCC1(C)C. The number of hydrogen-bond acceptors (Lipinski definition) is 4. The second-order valence-electron chi connectivity index (χ2n) is 6.90. The maximum absolute atomic E-state index is 6.33. The molecule has 2 aliphatic rings. The van der Waals surface area contributed by atoms with Crippen LogP contribution in [0.4, 0.5) is 0 Å². The number of piperidine rings is 1. The summed E-state index contributed by atoms with van der Waals surface area (Å²) < 4.78 is 11.2. The Hall–Kier alpha value is -0.160. The van der Waals surface area contributed by atoms with Crippen molar-refractivity contribution in [1.82, 2.24) is 5.06 Å². The fraction of sp³-hybridized carbons (Fsp3) is 1.00. The van der Waals surface area contributed by atoms with Gasteiger partial charge in [0.25, 0.3) is 0 Å². The summed E-state index contributed by atoms with van der Waals surface area (Å²) in [5.41, 5.74) is 0.141. The smallest absolute Gasteiger partial charge is 0.185 e. The van der Waals surface area contributed by atoms with E-state index in [2.05, 4.69) is 32.8 Å². The van der Waals surface area contributed by atoms with E-state index in [4.69, 9.17) is 14.3 Å². The summed E-state index contributed by atoms with van der Waals surface area (Å²) in [6.45, 7) is 12.4. The Morgan fingerprint density at radius 2 is 1.79 bits per heavy atom. The molecule has 0 aromatic rings. The first-order chi connectivity index (χ1) is 8.87. The molecule has 2 rings (SSSR count). The topological polar surface area (TPSA) is 30.9 Å². The van der Waals surface area contributed by atoms with Crippen LogP contribution >= 0.6 is 0 Å². The zero-order valence-corrected chi connectivity index (χ0v) is 13.1. The van der Waals surface area contributed by atoms with Gasteiger partial charge >= 0.3 is 0 Å². The van der Waals surface area contributed by atoms with E-state index in [1.807, 2.05) is 6.92 Å². The summed E-state index contributed by atoms with van der Waals surface area (Å²) in [5, 5.41) is 2.20. The van der Waals surface area contributed by atoms with Crippen molar-refractivity contribution < 1.29 is 14.3 Å². The van der Waals surface area contributed by atoms with Gasteiger partial charge in [-0.3, -0.25) is 4.84 Å². The van der Waals surface area contributed by atoms with Crippen molar-refractivity contribution in [2.45, 2.75) is 83.8 Å². The van der Waals surface area contributed by atoms with Crippen LogP contribution in [0.25, 0.3) is 0 Å². The quantitative estimate of drug-likeness (QED) is 0.786. The highest BCUT2D eigenvalue weighted by Gasteiger charge is 2.45. The van der Waals surface area contributed by atoms with Gasteiger partial charge in [-0.25, -0.2) is 0 Å². The number of rotatable bonds is 4. The molecule has 112 valence electrons. The van der Waals surface area contributed by atoms with Crippen LogP contribution < -0.4 is 0 Å². The molecule has 0 N–H and O–H groups in total. The van der Waals surface area contributed by atoms with E-state index in [-0.39, 0.29) is 23.5 Å². The van der Waals surface area contributed by atoms with Crippen LogP contribution in [0.5, 0.6) is 0 Å².